The minimum atomic E-state index is -0.783. The van der Waals surface area contributed by atoms with Crippen molar-refractivity contribution in [2.24, 2.45) is 11.8 Å². The molecular weight excluding hydrogens is 374 g/mol. The van der Waals surface area contributed by atoms with Crippen molar-refractivity contribution in [3.05, 3.63) is 28.2 Å². The maximum atomic E-state index is 12.2. The summed E-state index contributed by atoms with van der Waals surface area (Å²) in [5, 5.41) is 12.0. The summed E-state index contributed by atoms with van der Waals surface area (Å²) in [7, 11) is 1.65. The Morgan fingerprint density at radius 3 is 2.79 bits per heavy atom. The topological polar surface area (TPSA) is 75.6 Å². The van der Waals surface area contributed by atoms with Crippen LogP contribution < -0.4 is 10.1 Å². The molecule has 1 saturated carbocycles. The zero-order chi connectivity index (χ0) is 17.5. The molecule has 1 fully saturated rings. The van der Waals surface area contributed by atoms with Gasteiger partial charge in [0.05, 0.1) is 13.0 Å². The number of benzene rings is 1. The van der Waals surface area contributed by atoms with Crippen LogP contribution in [-0.4, -0.2) is 30.6 Å². The van der Waals surface area contributed by atoms with Gasteiger partial charge in [0.25, 0.3) is 0 Å². The quantitative estimate of drug-likeness (QED) is 0.691. The highest BCUT2D eigenvalue weighted by molar-refractivity contribution is 9.10. The molecule has 1 aromatic carbocycles. The fourth-order valence-electron chi connectivity index (χ4n) is 3.21. The van der Waals surface area contributed by atoms with E-state index in [2.05, 4.69) is 21.2 Å². The minimum Gasteiger partial charge on any atom is -0.496 e. The standard InChI is InChI=1S/C18H24BrNO4/c1-24-16-11-15(19)8-7-12(16)6-3-9-20-17(21)13-4-2-5-14(10-13)18(22)23/h7-8,11,13-14H,2-6,9-10H2,1H3,(H,20,21)(H,22,23). The summed E-state index contributed by atoms with van der Waals surface area (Å²) >= 11 is 3.42. The Hall–Kier alpha value is -1.56. The monoisotopic (exact) mass is 397 g/mol. The fourth-order valence-corrected chi connectivity index (χ4v) is 3.55. The van der Waals surface area contributed by atoms with E-state index >= 15 is 0 Å². The van der Waals surface area contributed by atoms with Crippen LogP contribution in [0.4, 0.5) is 0 Å². The van der Waals surface area contributed by atoms with Crippen LogP contribution >= 0.6 is 15.9 Å². The third-order valence-corrected chi connectivity index (χ3v) is 5.06. The lowest BCUT2D eigenvalue weighted by molar-refractivity contribution is -0.144. The van der Waals surface area contributed by atoms with Gasteiger partial charge in [-0.15, -0.1) is 0 Å². The van der Waals surface area contributed by atoms with Crippen molar-refractivity contribution in [3.8, 4) is 5.75 Å². The molecule has 1 amide bonds. The molecule has 2 N–H and O–H groups in total. The molecule has 0 radical (unpaired) electrons. The van der Waals surface area contributed by atoms with E-state index in [0.717, 1.165) is 41.5 Å². The Labute approximate surface area is 150 Å². The number of ether oxygens (including phenoxy) is 1. The number of rotatable bonds is 7. The Morgan fingerprint density at radius 1 is 1.33 bits per heavy atom. The molecule has 0 spiro atoms. The predicted octanol–water partition coefficient (Wildman–Crippen LogP) is 3.40. The zero-order valence-corrected chi connectivity index (χ0v) is 15.5. The maximum absolute atomic E-state index is 12.2. The molecule has 6 heteroatoms. The highest BCUT2D eigenvalue weighted by Gasteiger charge is 2.30. The first kappa shape index (κ1) is 18.8. The molecule has 0 heterocycles. The van der Waals surface area contributed by atoms with E-state index in [1.807, 2.05) is 18.2 Å². The van der Waals surface area contributed by atoms with Gasteiger partial charge >= 0.3 is 5.97 Å². The van der Waals surface area contributed by atoms with E-state index in [1.54, 1.807) is 7.11 Å². The highest BCUT2D eigenvalue weighted by Crippen LogP contribution is 2.29. The first-order valence-corrected chi connectivity index (χ1v) is 9.13. The molecule has 5 nitrogen and oxygen atoms in total. The normalized spacial score (nSPS) is 20.4. The number of aryl methyl sites for hydroxylation is 1. The molecular formula is C18H24BrNO4. The summed E-state index contributed by atoms with van der Waals surface area (Å²) in [5.74, 6) is -0.491. The third-order valence-electron chi connectivity index (χ3n) is 4.57. The molecule has 0 aromatic heterocycles. The van der Waals surface area contributed by atoms with E-state index in [-0.39, 0.29) is 17.7 Å². The van der Waals surface area contributed by atoms with Crippen LogP contribution in [0.5, 0.6) is 5.75 Å². The maximum Gasteiger partial charge on any atom is 0.306 e. The van der Waals surface area contributed by atoms with E-state index in [1.165, 1.54) is 0 Å². The van der Waals surface area contributed by atoms with Crippen molar-refractivity contribution in [1.29, 1.82) is 0 Å². The lowest BCUT2D eigenvalue weighted by atomic mass is 9.81. The number of carboxylic acid groups (broad SMARTS) is 1. The van der Waals surface area contributed by atoms with Crippen LogP contribution in [0.15, 0.2) is 22.7 Å². The molecule has 132 valence electrons. The average molecular weight is 398 g/mol. The smallest absolute Gasteiger partial charge is 0.306 e. The van der Waals surface area contributed by atoms with E-state index in [9.17, 15) is 9.59 Å². The predicted molar refractivity (Wildman–Crippen MR) is 95.1 cm³/mol. The van der Waals surface area contributed by atoms with E-state index in [0.29, 0.717) is 19.4 Å². The van der Waals surface area contributed by atoms with Gasteiger partial charge in [0.1, 0.15) is 5.75 Å². The summed E-state index contributed by atoms with van der Waals surface area (Å²) < 4.78 is 6.33. The number of carboxylic acids is 1. The van der Waals surface area contributed by atoms with Crippen LogP contribution in [0.25, 0.3) is 0 Å². The van der Waals surface area contributed by atoms with Gasteiger partial charge in [-0.3, -0.25) is 9.59 Å². The number of hydrogen-bond acceptors (Lipinski definition) is 3. The SMILES string of the molecule is COc1cc(Br)ccc1CCCNC(=O)C1CCCC(C(=O)O)C1. The van der Waals surface area contributed by atoms with Crippen LogP contribution in [-0.2, 0) is 16.0 Å². The number of amides is 1. The Bertz CT molecular complexity index is 590. The van der Waals surface area contributed by atoms with E-state index in [4.69, 9.17) is 9.84 Å². The van der Waals surface area contributed by atoms with Crippen molar-refractivity contribution >= 4 is 27.8 Å². The number of aliphatic carboxylic acids is 1. The summed E-state index contributed by atoms with van der Waals surface area (Å²) in [6.07, 6.45) is 4.38. The van der Waals surface area contributed by atoms with Crippen molar-refractivity contribution in [1.82, 2.24) is 5.32 Å². The summed E-state index contributed by atoms with van der Waals surface area (Å²) in [6, 6.07) is 5.93. The Kier molecular flexibility index (Phi) is 7.09. The first-order chi connectivity index (χ1) is 11.5. The van der Waals surface area contributed by atoms with Gasteiger partial charge < -0.3 is 15.2 Å². The Morgan fingerprint density at radius 2 is 2.08 bits per heavy atom. The lowest BCUT2D eigenvalue weighted by Gasteiger charge is -2.25. The number of carbonyl (C=O) groups is 2. The number of methoxy groups -OCH3 is 1. The van der Waals surface area contributed by atoms with Gasteiger partial charge in [-0.25, -0.2) is 0 Å². The number of carbonyl (C=O) groups excluding carboxylic acids is 1. The second-order valence-corrected chi connectivity index (χ2v) is 7.17. The summed E-state index contributed by atoms with van der Waals surface area (Å²) in [4.78, 5) is 23.3. The van der Waals surface area contributed by atoms with Gasteiger partial charge in [-0.2, -0.15) is 0 Å². The third kappa shape index (κ3) is 5.23. The average Bonchev–Trinajstić information content (AvgIpc) is 2.59. The van der Waals surface area contributed by atoms with Gasteiger partial charge in [0, 0.05) is 16.9 Å². The molecule has 2 unspecified atom stereocenters. The van der Waals surface area contributed by atoms with Crippen LogP contribution in [0.1, 0.15) is 37.7 Å². The molecule has 24 heavy (non-hydrogen) atoms. The summed E-state index contributed by atoms with van der Waals surface area (Å²) in [6.45, 7) is 0.590. The molecule has 1 aliphatic carbocycles. The molecule has 1 aromatic rings. The molecule has 2 atom stereocenters. The minimum absolute atomic E-state index is 0.0104. The molecule has 0 saturated heterocycles. The largest absolute Gasteiger partial charge is 0.496 e. The number of halogens is 1. The van der Waals surface area contributed by atoms with Crippen molar-refractivity contribution in [2.75, 3.05) is 13.7 Å². The van der Waals surface area contributed by atoms with E-state index < -0.39 is 5.97 Å². The second kappa shape index (κ2) is 9.06. The molecule has 0 aliphatic heterocycles. The number of nitrogens with one attached hydrogen (secondary N) is 1. The first-order valence-electron chi connectivity index (χ1n) is 8.34. The van der Waals surface area contributed by atoms with Crippen molar-refractivity contribution < 1.29 is 19.4 Å². The van der Waals surface area contributed by atoms with Gasteiger partial charge in [-0.1, -0.05) is 28.4 Å². The molecule has 0 bridgehead atoms. The van der Waals surface area contributed by atoms with Crippen LogP contribution in [0.3, 0.4) is 0 Å². The summed E-state index contributed by atoms with van der Waals surface area (Å²) in [5.41, 5.74) is 1.11. The number of hydrogen-bond donors (Lipinski definition) is 2. The fraction of sp³-hybridized carbons (Fsp3) is 0.556. The molecule has 1 aliphatic rings. The zero-order valence-electron chi connectivity index (χ0n) is 13.9. The van der Waals surface area contributed by atoms with Crippen LogP contribution in [0.2, 0.25) is 0 Å². The Balaban J connectivity index is 1.76. The van der Waals surface area contributed by atoms with Gasteiger partial charge in [0.15, 0.2) is 0 Å². The lowest BCUT2D eigenvalue weighted by Crippen LogP contribution is -2.36. The second-order valence-electron chi connectivity index (χ2n) is 6.25. The van der Waals surface area contributed by atoms with Gasteiger partial charge in [0.2, 0.25) is 5.91 Å². The van der Waals surface area contributed by atoms with Gasteiger partial charge in [-0.05, 0) is 49.8 Å². The van der Waals surface area contributed by atoms with Crippen molar-refractivity contribution in [2.45, 2.75) is 38.5 Å². The molecule has 2 rings (SSSR count). The van der Waals surface area contributed by atoms with Crippen LogP contribution in [0, 0.1) is 11.8 Å². The highest BCUT2D eigenvalue weighted by atomic mass is 79.9. The van der Waals surface area contributed by atoms with Crippen molar-refractivity contribution in [3.63, 3.8) is 0 Å².